The van der Waals surface area contributed by atoms with Gasteiger partial charge in [-0.25, -0.2) is 8.42 Å². The SMILES string of the molecule is CCCCN(c1ccc([N+](=O)[O-])cc1[N+](=O)[O-])[C@@H]1C=CS(=O)(=O)C1. The van der Waals surface area contributed by atoms with Crippen molar-refractivity contribution in [2.24, 2.45) is 0 Å². The van der Waals surface area contributed by atoms with E-state index in [1.165, 1.54) is 18.2 Å². The Morgan fingerprint density at radius 3 is 2.46 bits per heavy atom. The van der Waals surface area contributed by atoms with Crippen molar-refractivity contribution in [2.45, 2.75) is 25.8 Å². The summed E-state index contributed by atoms with van der Waals surface area (Å²) in [7, 11) is -3.33. The van der Waals surface area contributed by atoms with Crippen molar-refractivity contribution in [3.63, 3.8) is 0 Å². The second kappa shape index (κ2) is 6.95. The Kier molecular flexibility index (Phi) is 5.17. The van der Waals surface area contributed by atoms with Gasteiger partial charge in [0.25, 0.3) is 11.4 Å². The van der Waals surface area contributed by atoms with E-state index in [9.17, 15) is 28.6 Å². The smallest absolute Gasteiger partial charge is 0.299 e. The van der Waals surface area contributed by atoms with Crippen molar-refractivity contribution in [2.75, 3.05) is 17.2 Å². The highest BCUT2D eigenvalue weighted by Crippen LogP contribution is 2.34. The maximum absolute atomic E-state index is 11.7. The first-order valence-electron chi connectivity index (χ1n) is 7.35. The molecule has 0 saturated heterocycles. The van der Waals surface area contributed by atoms with Crippen LogP contribution >= 0.6 is 0 Å². The van der Waals surface area contributed by atoms with E-state index in [0.29, 0.717) is 13.0 Å². The topological polar surface area (TPSA) is 124 Å². The molecule has 2 rings (SSSR count). The number of hydrogen-bond donors (Lipinski definition) is 0. The average molecular weight is 355 g/mol. The molecular formula is C14H17N3O6S. The van der Waals surface area contributed by atoms with Crippen LogP contribution in [0.1, 0.15) is 19.8 Å². The summed E-state index contributed by atoms with van der Waals surface area (Å²) in [6.45, 7) is 2.36. The Hall–Kier alpha value is -2.49. The molecule has 1 atom stereocenters. The highest BCUT2D eigenvalue weighted by Gasteiger charge is 2.31. The molecule has 130 valence electrons. The highest BCUT2D eigenvalue weighted by molar-refractivity contribution is 7.94. The summed E-state index contributed by atoms with van der Waals surface area (Å²) < 4.78 is 23.4. The zero-order chi connectivity index (χ0) is 17.9. The van der Waals surface area contributed by atoms with E-state index in [0.717, 1.165) is 17.9 Å². The Labute approximate surface area is 138 Å². The van der Waals surface area contributed by atoms with E-state index < -0.39 is 31.4 Å². The molecule has 0 bridgehead atoms. The van der Waals surface area contributed by atoms with Crippen molar-refractivity contribution >= 4 is 26.9 Å². The predicted molar refractivity (Wildman–Crippen MR) is 88.7 cm³/mol. The molecule has 0 radical (unpaired) electrons. The zero-order valence-corrected chi connectivity index (χ0v) is 13.8. The molecule has 0 fully saturated rings. The molecule has 1 aromatic rings. The maximum atomic E-state index is 11.7. The summed E-state index contributed by atoms with van der Waals surface area (Å²) in [5.41, 5.74) is -0.598. The van der Waals surface area contributed by atoms with E-state index in [4.69, 9.17) is 0 Å². The number of sulfone groups is 1. The van der Waals surface area contributed by atoms with Crippen LogP contribution in [0.15, 0.2) is 29.7 Å². The molecule has 0 aliphatic carbocycles. The number of anilines is 1. The first-order chi connectivity index (χ1) is 11.2. The number of hydrogen-bond acceptors (Lipinski definition) is 7. The Balaban J connectivity index is 2.47. The number of nitrogens with zero attached hydrogens (tertiary/aromatic N) is 3. The number of unbranched alkanes of at least 4 members (excludes halogenated alkanes) is 1. The molecule has 1 heterocycles. The number of nitro benzene ring substituents is 2. The van der Waals surface area contributed by atoms with Crippen LogP contribution in [0.5, 0.6) is 0 Å². The van der Waals surface area contributed by atoms with Crippen LogP contribution in [0.4, 0.5) is 17.1 Å². The Morgan fingerprint density at radius 2 is 1.96 bits per heavy atom. The number of non-ortho nitro benzene ring substituents is 1. The van der Waals surface area contributed by atoms with E-state index in [1.54, 1.807) is 4.90 Å². The zero-order valence-electron chi connectivity index (χ0n) is 13.0. The van der Waals surface area contributed by atoms with Gasteiger partial charge in [-0.05, 0) is 18.6 Å². The summed E-state index contributed by atoms with van der Waals surface area (Å²) in [5, 5.41) is 23.3. The molecule has 0 saturated carbocycles. The van der Waals surface area contributed by atoms with Crippen LogP contribution in [-0.4, -0.2) is 36.6 Å². The lowest BCUT2D eigenvalue weighted by Gasteiger charge is -2.29. The van der Waals surface area contributed by atoms with Gasteiger partial charge in [-0.3, -0.25) is 20.2 Å². The minimum atomic E-state index is -3.33. The summed E-state index contributed by atoms with van der Waals surface area (Å²) in [6.07, 6.45) is 3.02. The van der Waals surface area contributed by atoms with Crippen molar-refractivity contribution < 1.29 is 18.3 Å². The lowest BCUT2D eigenvalue weighted by Crippen LogP contribution is -2.37. The maximum Gasteiger partial charge on any atom is 0.299 e. The molecule has 1 aliphatic rings. The van der Waals surface area contributed by atoms with Crippen LogP contribution < -0.4 is 4.90 Å². The van der Waals surface area contributed by atoms with Crippen LogP contribution in [0.3, 0.4) is 0 Å². The van der Waals surface area contributed by atoms with Crippen molar-refractivity contribution in [3.8, 4) is 0 Å². The lowest BCUT2D eigenvalue weighted by molar-refractivity contribution is -0.393. The molecule has 1 aliphatic heterocycles. The van der Waals surface area contributed by atoms with Gasteiger partial charge in [0.05, 0.1) is 27.7 Å². The second-order valence-corrected chi connectivity index (χ2v) is 7.39. The molecule has 0 N–H and O–H groups in total. The van der Waals surface area contributed by atoms with Crippen LogP contribution in [-0.2, 0) is 9.84 Å². The average Bonchev–Trinajstić information content (AvgIpc) is 2.87. The Bertz CT molecular complexity index is 790. The first kappa shape index (κ1) is 17.9. The third kappa shape index (κ3) is 3.88. The van der Waals surface area contributed by atoms with Crippen LogP contribution in [0, 0.1) is 20.2 Å². The van der Waals surface area contributed by atoms with Gasteiger partial charge in [0.15, 0.2) is 9.84 Å². The van der Waals surface area contributed by atoms with Gasteiger partial charge in [0.2, 0.25) is 0 Å². The first-order valence-corrected chi connectivity index (χ1v) is 9.07. The van der Waals surface area contributed by atoms with Crippen LogP contribution in [0.25, 0.3) is 0 Å². The summed E-state index contributed by atoms with van der Waals surface area (Å²) in [5.74, 6) is -0.162. The van der Waals surface area contributed by atoms with E-state index >= 15 is 0 Å². The summed E-state index contributed by atoms with van der Waals surface area (Å²) in [6, 6.07) is 2.88. The molecule has 0 unspecified atom stereocenters. The van der Waals surface area contributed by atoms with Gasteiger partial charge in [-0.1, -0.05) is 13.3 Å². The number of rotatable bonds is 7. The molecule has 9 nitrogen and oxygen atoms in total. The fourth-order valence-corrected chi connectivity index (χ4v) is 3.86. The van der Waals surface area contributed by atoms with Gasteiger partial charge >= 0.3 is 0 Å². The molecule has 0 amide bonds. The monoisotopic (exact) mass is 355 g/mol. The fourth-order valence-electron chi connectivity index (χ4n) is 2.56. The molecule has 10 heteroatoms. The second-order valence-electron chi connectivity index (χ2n) is 5.46. The van der Waals surface area contributed by atoms with Crippen molar-refractivity contribution in [1.82, 2.24) is 0 Å². The van der Waals surface area contributed by atoms with Gasteiger partial charge < -0.3 is 4.90 Å². The highest BCUT2D eigenvalue weighted by atomic mass is 32.2. The number of benzene rings is 1. The third-order valence-corrected chi connectivity index (χ3v) is 5.12. The van der Waals surface area contributed by atoms with Crippen molar-refractivity contribution in [3.05, 3.63) is 49.9 Å². The fraction of sp³-hybridized carbons (Fsp3) is 0.429. The Morgan fingerprint density at radius 1 is 1.25 bits per heavy atom. The normalized spacial score (nSPS) is 18.5. The molecule has 0 spiro atoms. The van der Waals surface area contributed by atoms with Gasteiger partial charge in [-0.2, -0.15) is 0 Å². The summed E-state index contributed by atoms with van der Waals surface area (Å²) >= 11 is 0. The molecule has 1 aromatic carbocycles. The third-order valence-electron chi connectivity index (χ3n) is 3.74. The van der Waals surface area contributed by atoms with Crippen molar-refractivity contribution in [1.29, 1.82) is 0 Å². The molecular weight excluding hydrogens is 338 g/mol. The standard InChI is InChI=1S/C14H17N3O6S/c1-2-3-7-15(12-6-8-24(22,23)10-12)13-5-4-11(16(18)19)9-14(13)17(20)21/h4-6,8-9,12H,2-3,7,10H2,1H3/t12-/m1/s1. The van der Waals surface area contributed by atoms with Gasteiger partial charge in [-0.15, -0.1) is 0 Å². The van der Waals surface area contributed by atoms with Gasteiger partial charge in [0.1, 0.15) is 5.69 Å². The van der Waals surface area contributed by atoms with E-state index in [2.05, 4.69) is 0 Å². The minimum absolute atomic E-state index is 0.162. The lowest BCUT2D eigenvalue weighted by atomic mass is 10.1. The quantitative estimate of drug-likeness (QED) is 0.543. The predicted octanol–water partition coefficient (Wildman–Crippen LogP) is 2.42. The van der Waals surface area contributed by atoms with Gasteiger partial charge in [0, 0.05) is 18.0 Å². The summed E-state index contributed by atoms with van der Waals surface area (Å²) in [4.78, 5) is 22.4. The molecule has 24 heavy (non-hydrogen) atoms. The largest absolute Gasteiger partial charge is 0.358 e. The number of nitro groups is 2. The van der Waals surface area contributed by atoms with E-state index in [-0.39, 0.29) is 17.1 Å². The van der Waals surface area contributed by atoms with Crippen LogP contribution in [0.2, 0.25) is 0 Å². The molecule has 0 aromatic heterocycles. The van der Waals surface area contributed by atoms with E-state index in [1.807, 2.05) is 6.92 Å². The minimum Gasteiger partial charge on any atom is -0.358 e.